The lowest BCUT2D eigenvalue weighted by Gasteiger charge is -2.13. The molecular formula is C12H16ClNO4S. The van der Waals surface area contributed by atoms with Gasteiger partial charge in [0.15, 0.2) is 9.84 Å². The highest BCUT2D eigenvalue weighted by Crippen LogP contribution is 2.18. The third kappa shape index (κ3) is 4.19. The molecule has 0 aliphatic rings. The van der Waals surface area contributed by atoms with Gasteiger partial charge < -0.3 is 10.1 Å². The van der Waals surface area contributed by atoms with Crippen LogP contribution in [0.25, 0.3) is 0 Å². The lowest BCUT2D eigenvalue weighted by molar-refractivity contribution is -0.120. The molecule has 0 saturated carbocycles. The highest BCUT2D eigenvalue weighted by molar-refractivity contribution is 7.92. The number of halogens is 1. The molecule has 0 radical (unpaired) electrons. The molecule has 0 bridgehead atoms. The number of sulfone groups is 1. The molecule has 0 spiro atoms. The third-order valence-electron chi connectivity index (χ3n) is 2.58. The van der Waals surface area contributed by atoms with Crippen molar-refractivity contribution in [3.05, 3.63) is 29.3 Å². The van der Waals surface area contributed by atoms with Gasteiger partial charge in [-0.05, 0) is 31.2 Å². The molecule has 1 rings (SSSR count). The number of nitrogens with one attached hydrogen (secondary N) is 1. The monoisotopic (exact) mass is 305 g/mol. The highest BCUT2D eigenvalue weighted by Gasteiger charge is 2.29. The van der Waals surface area contributed by atoms with E-state index in [1.54, 1.807) is 0 Å². The number of rotatable bonds is 6. The number of ether oxygens (including phenoxy) is 1. The van der Waals surface area contributed by atoms with Crippen molar-refractivity contribution in [1.82, 2.24) is 5.32 Å². The van der Waals surface area contributed by atoms with Gasteiger partial charge in [-0.1, -0.05) is 11.6 Å². The molecule has 0 saturated heterocycles. The SMILES string of the molecule is COCCNC(=O)C(C)S(=O)(=O)c1ccc(Cl)cc1. The summed E-state index contributed by atoms with van der Waals surface area (Å²) in [5.74, 6) is -0.549. The van der Waals surface area contributed by atoms with Gasteiger partial charge in [0.1, 0.15) is 5.25 Å². The summed E-state index contributed by atoms with van der Waals surface area (Å²) in [4.78, 5) is 11.8. The second kappa shape index (κ2) is 6.88. The van der Waals surface area contributed by atoms with Gasteiger partial charge in [-0.3, -0.25) is 4.79 Å². The van der Waals surface area contributed by atoms with Gasteiger partial charge in [0, 0.05) is 18.7 Å². The van der Waals surface area contributed by atoms with E-state index >= 15 is 0 Å². The Labute approximate surface area is 117 Å². The van der Waals surface area contributed by atoms with Crippen molar-refractivity contribution in [2.24, 2.45) is 0 Å². The first-order valence-corrected chi connectivity index (χ1v) is 7.58. The molecule has 0 heterocycles. The first-order chi connectivity index (χ1) is 8.89. The van der Waals surface area contributed by atoms with E-state index in [2.05, 4.69) is 5.32 Å². The standard InChI is InChI=1S/C12H16ClNO4S/c1-9(12(15)14-7-8-18-2)19(16,17)11-5-3-10(13)4-6-11/h3-6,9H,7-8H2,1-2H3,(H,14,15). The fourth-order valence-electron chi connectivity index (χ4n) is 1.39. The molecule has 0 aliphatic carbocycles. The van der Waals surface area contributed by atoms with Crippen LogP contribution in [0, 0.1) is 0 Å². The minimum absolute atomic E-state index is 0.0753. The normalized spacial score (nSPS) is 13.0. The van der Waals surface area contributed by atoms with Crippen LogP contribution in [0.1, 0.15) is 6.92 Å². The molecule has 0 fully saturated rings. The number of benzene rings is 1. The summed E-state index contributed by atoms with van der Waals surface area (Å²) in [6, 6.07) is 5.72. The maximum Gasteiger partial charge on any atom is 0.238 e. The molecular weight excluding hydrogens is 290 g/mol. The van der Waals surface area contributed by atoms with E-state index in [4.69, 9.17) is 16.3 Å². The quantitative estimate of drug-likeness (QED) is 0.803. The van der Waals surface area contributed by atoms with E-state index < -0.39 is 21.0 Å². The molecule has 1 aromatic carbocycles. The van der Waals surface area contributed by atoms with Crippen molar-refractivity contribution >= 4 is 27.3 Å². The topological polar surface area (TPSA) is 72.5 Å². The molecule has 0 aliphatic heterocycles. The van der Waals surface area contributed by atoms with Crippen LogP contribution in [0.2, 0.25) is 5.02 Å². The Balaban J connectivity index is 2.82. The number of amides is 1. The molecule has 19 heavy (non-hydrogen) atoms. The molecule has 5 nitrogen and oxygen atoms in total. The number of carbonyl (C=O) groups is 1. The fourth-order valence-corrected chi connectivity index (χ4v) is 2.80. The third-order valence-corrected chi connectivity index (χ3v) is 4.91. The van der Waals surface area contributed by atoms with Crippen molar-refractivity contribution in [3.63, 3.8) is 0 Å². The first-order valence-electron chi connectivity index (χ1n) is 5.65. The van der Waals surface area contributed by atoms with Crippen molar-refractivity contribution < 1.29 is 17.9 Å². The molecule has 0 aromatic heterocycles. The molecule has 1 atom stereocenters. The molecule has 106 valence electrons. The number of carbonyl (C=O) groups excluding carboxylic acids is 1. The van der Waals surface area contributed by atoms with Crippen molar-refractivity contribution in [2.75, 3.05) is 20.3 Å². The van der Waals surface area contributed by atoms with Crippen molar-refractivity contribution in [1.29, 1.82) is 0 Å². The van der Waals surface area contributed by atoms with E-state index in [9.17, 15) is 13.2 Å². The average Bonchev–Trinajstić information content (AvgIpc) is 2.38. The summed E-state index contributed by atoms with van der Waals surface area (Å²) in [5, 5.41) is 1.78. The second-order valence-corrected chi connectivity index (χ2v) is 6.63. The van der Waals surface area contributed by atoms with Gasteiger partial charge in [0.05, 0.1) is 11.5 Å². The fraction of sp³-hybridized carbons (Fsp3) is 0.417. The van der Waals surface area contributed by atoms with Crippen LogP contribution < -0.4 is 5.32 Å². The molecule has 1 aromatic rings. The summed E-state index contributed by atoms with van der Waals surface area (Å²) in [6.07, 6.45) is 0. The summed E-state index contributed by atoms with van der Waals surface area (Å²) in [7, 11) is -2.20. The van der Waals surface area contributed by atoms with Crippen molar-refractivity contribution in [2.45, 2.75) is 17.1 Å². The maximum absolute atomic E-state index is 12.2. The Morgan fingerprint density at radius 1 is 1.37 bits per heavy atom. The minimum atomic E-state index is -3.70. The molecule has 1 amide bonds. The Bertz CT molecular complexity index is 527. The second-order valence-electron chi connectivity index (χ2n) is 3.92. The molecule has 1 unspecified atom stereocenters. The summed E-state index contributed by atoms with van der Waals surface area (Å²) < 4.78 is 29.1. The Morgan fingerprint density at radius 2 is 1.95 bits per heavy atom. The zero-order chi connectivity index (χ0) is 14.5. The lowest BCUT2D eigenvalue weighted by Crippen LogP contribution is -2.39. The Morgan fingerprint density at radius 3 is 2.47 bits per heavy atom. The highest BCUT2D eigenvalue weighted by atomic mass is 35.5. The average molecular weight is 306 g/mol. The Kier molecular flexibility index (Phi) is 5.78. The van der Waals surface area contributed by atoms with Gasteiger partial charge in [0.2, 0.25) is 5.91 Å². The van der Waals surface area contributed by atoms with Gasteiger partial charge in [0.25, 0.3) is 0 Å². The molecule has 7 heteroatoms. The number of hydrogen-bond acceptors (Lipinski definition) is 4. The lowest BCUT2D eigenvalue weighted by atomic mass is 10.4. The summed E-state index contributed by atoms with van der Waals surface area (Å²) in [5.41, 5.74) is 0. The number of hydrogen-bond donors (Lipinski definition) is 1. The van der Waals surface area contributed by atoms with Crippen LogP contribution in [0.3, 0.4) is 0 Å². The summed E-state index contributed by atoms with van der Waals surface area (Å²) >= 11 is 5.70. The van der Waals surface area contributed by atoms with Gasteiger partial charge in [-0.25, -0.2) is 8.42 Å². The zero-order valence-electron chi connectivity index (χ0n) is 10.7. The van der Waals surface area contributed by atoms with Crippen LogP contribution in [0.4, 0.5) is 0 Å². The van der Waals surface area contributed by atoms with Gasteiger partial charge in [-0.15, -0.1) is 0 Å². The predicted molar refractivity (Wildman–Crippen MR) is 73.0 cm³/mol. The van der Waals surface area contributed by atoms with Crippen molar-refractivity contribution in [3.8, 4) is 0 Å². The van der Waals surface area contributed by atoms with E-state index in [-0.39, 0.29) is 11.4 Å². The largest absolute Gasteiger partial charge is 0.383 e. The van der Waals surface area contributed by atoms with E-state index in [1.807, 2.05) is 0 Å². The molecule has 1 N–H and O–H groups in total. The van der Waals surface area contributed by atoms with Crippen LogP contribution >= 0.6 is 11.6 Å². The predicted octanol–water partition coefficient (Wildman–Crippen LogP) is 1.26. The summed E-state index contributed by atoms with van der Waals surface area (Å²) in [6.45, 7) is 1.96. The Hall–Kier alpha value is -1.11. The van der Waals surface area contributed by atoms with Crippen LogP contribution in [0.15, 0.2) is 29.2 Å². The van der Waals surface area contributed by atoms with Crippen LogP contribution in [-0.2, 0) is 19.4 Å². The zero-order valence-corrected chi connectivity index (χ0v) is 12.3. The maximum atomic E-state index is 12.2. The van der Waals surface area contributed by atoms with Crippen LogP contribution in [-0.4, -0.2) is 39.8 Å². The van der Waals surface area contributed by atoms with E-state index in [0.717, 1.165) is 0 Å². The van der Waals surface area contributed by atoms with E-state index in [1.165, 1.54) is 38.3 Å². The van der Waals surface area contributed by atoms with Crippen LogP contribution in [0.5, 0.6) is 0 Å². The smallest absolute Gasteiger partial charge is 0.238 e. The minimum Gasteiger partial charge on any atom is -0.383 e. The van der Waals surface area contributed by atoms with Gasteiger partial charge in [-0.2, -0.15) is 0 Å². The number of methoxy groups -OCH3 is 1. The first kappa shape index (κ1) is 15.9. The van der Waals surface area contributed by atoms with E-state index in [0.29, 0.717) is 11.6 Å². The van der Waals surface area contributed by atoms with Gasteiger partial charge >= 0.3 is 0 Å².